The van der Waals surface area contributed by atoms with E-state index in [0.29, 0.717) is 17.7 Å². The van der Waals surface area contributed by atoms with Gasteiger partial charge in [0.15, 0.2) is 0 Å². The van der Waals surface area contributed by atoms with Gasteiger partial charge in [0.25, 0.3) is 10.0 Å². The Morgan fingerprint density at radius 2 is 1.84 bits per heavy atom. The molecule has 0 bridgehead atoms. The van der Waals surface area contributed by atoms with Crippen LogP contribution in [0.4, 0.5) is 0 Å². The largest absolute Gasteiger partial charge is 0.452 e. The summed E-state index contributed by atoms with van der Waals surface area (Å²) >= 11 is 0. The second-order valence-electron chi connectivity index (χ2n) is 5.92. The lowest BCUT2D eigenvalue weighted by molar-refractivity contribution is 0.0389. The molecule has 2 aromatic carbocycles. The third kappa shape index (κ3) is 3.71. The van der Waals surface area contributed by atoms with E-state index in [1.807, 2.05) is 19.1 Å². The van der Waals surface area contributed by atoms with E-state index in [1.165, 1.54) is 12.1 Å². The molecule has 7 heteroatoms. The highest BCUT2D eigenvalue weighted by Crippen LogP contribution is 2.21. The highest BCUT2D eigenvalue weighted by atomic mass is 32.2. The Labute approximate surface area is 146 Å². The predicted molar refractivity (Wildman–Crippen MR) is 94.0 cm³/mol. The third-order valence-corrected chi connectivity index (χ3v) is 5.26. The molecule has 130 valence electrons. The Kier molecular flexibility index (Phi) is 4.59. The lowest BCUT2D eigenvalue weighted by atomic mass is 9.97. The standard InChI is InChI=1S/C18H18N2O4S/c1-12-7-9-15(10-8-12)25(22,23)20-19-13(2)17-11-14-5-3-4-6-16(14)18(21)24-17/h3-10,17,20H,11H2,1-2H3/b19-13-/t17-/m1/s1. The molecule has 0 saturated carbocycles. The number of carbonyl (C=O) groups excluding carboxylic acids is 1. The summed E-state index contributed by atoms with van der Waals surface area (Å²) in [4.78, 5) is 14.4. The van der Waals surface area contributed by atoms with Crippen molar-refractivity contribution in [1.29, 1.82) is 0 Å². The van der Waals surface area contributed by atoms with Gasteiger partial charge in [-0.2, -0.15) is 13.5 Å². The molecule has 0 unspecified atom stereocenters. The number of ether oxygens (including phenoxy) is 1. The molecule has 1 N–H and O–H groups in total. The summed E-state index contributed by atoms with van der Waals surface area (Å²) in [6.45, 7) is 3.50. The lowest BCUT2D eigenvalue weighted by Gasteiger charge is -2.24. The maximum Gasteiger partial charge on any atom is 0.339 e. The number of nitrogens with zero attached hydrogens (tertiary/aromatic N) is 1. The summed E-state index contributed by atoms with van der Waals surface area (Å²) in [7, 11) is -3.76. The summed E-state index contributed by atoms with van der Waals surface area (Å²) in [6.07, 6.45) is -0.133. The summed E-state index contributed by atoms with van der Waals surface area (Å²) in [5.41, 5.74) is 2.75. The second-order valence-corrected chi connectivity index (χ2v) is 7.58. The second kappa shape index (κ2) is 6.68. The Morgan fingerprint density at radius 1 is 1.16 bits per heavy atom. The fourth-order valence-electron chi connectivity index (χ4n) is 2.54. The molecule has 25 heavy (non-hydrogen) atoms. The monoisotopic (exact) mass is 358 g/mol. The lowest BCUT2D eigenvalue weighted by Crippen LogP contribution is -2.34. The maximum absolute atomic E-state index is 12.3. The molecule has 6 nitrogen and oxygen atoms in total. The summed E-state index contributed by atoms with van der Waals surface area (Å²) < 4.78 is 29.9. The molecule has 0 radical (unpaired) electrons. The van der Waals surface area contributed by atoms with Crippen molar-refractivity contribution >= 4 is 21.7 Å². The van der Waals surface area contributed by atoms with E-state index in [-0.39, 0.29) is 4.90 Å². The molecular formula is C18H18N2O4S. The molecule has 2 aromatic rings. The molecule has 0 saturated heterocycles. The van der Waals surface area contributed by atoms with Crippen molar-refractivity contribution < 1.29 is 17.9 Å². The van der Waals surface area contributed by atoms with Gasteiger partial charge in [-0.15, -0.1) is 0 Å². The van der Waals surface area contributed by atoms with Crippen LogP contribution in [0.2, 0.25) is 0 Å². The average Bonchev–Trinajstić information content (AvgIpc) is 2.60. The van der Waals surface area contributed by atoms with Gasteiger partial charge in [-0.3, -0.25) is 0 Å². The van der Waals surface area contributed by atoms with Crippen LogP contribution >= 0.6 is 0 Å². The summed E-state index contributed by atoms with van der Waals surface area (Å²) in [5, 5.41) is 3.93. The maximum atomic E-state index is 12.3. The molecule has 1 atom stereocenters. The Balaban J connectivity index is 1.76. The van der Waals surface area contributed by atoms with Crippen molar-refractivity contribution in [3.05, 3.63) is 65.2 Å². The number of benzene rings is 2. The number of fused-ring (bicyclic) bond motifs is 1. The number of aryl methyl sites for hydroxylation is 1. The number of carbonyl (C=O) groups is 1. The first-order valence-electron chi connectivity index (χ1n) is 7.78. The number of hydrogen-bond acceptors (Lipinski definition) is 5. The van der Waals surface area contributed by atoms with Gasteiger partial charge in [-0.05, 0) is 37.6 Å². The number of sulfonamides is 1. The first-order valence-corrected chi connectivity index (χ1v) is 9.27. The summed E-state index contributed by atoms with van der Waals surface area (Å²) in [6, 6.07) is 13.6. The van der Waals surface area contributed by atoms with Gasteiger partial charge in [0.2, 0.25) is 0 Å². The highest BCUT2D eigenvalue weighted by molar-refractivity contribution is 7.89. The molecule has 1 heterocycles. The number of nitrogens with one attached hydrogen (secondary N) is 1. The minimum Gasteiger partial charge on any atom is -0.452 e. The topological polar surface area (TPSA) is 84.8 Å². The van der Waals surface area contributed by atoms with E-state index in [9.17, 15) is 13.2 Å². The van der Waals surface area contributed by atoms with Crippen LogP contribution < -0.4 is 4.83 Å². The number of hydrazone groups is 1. The number of hydrogen-bond donors (Lipinski definition) is 1. The normalized spacial score (nSPS) is 17.6. The number of esters is 1. The first-order chi connectivity index (χ1) is 11.9. The zero-order chi connectivity index (χ0) is 18.0. The fraction of sp³-hybridized carbons (Fsp3) is 0.222. The molecule has 3 rings (SSSR count). The number of rotatable bonds is 4. The summed E-state index contributed by atoms with van der Waals surface area (Å²) in [5.74, 6) is -0.428. The minimum absolute atomic E-state index is 0.126. The van der Waals surface area contributed by atoms with Gasteiger partial charge in [-0.25, -0.2) is 9.63 Å². The van der Waals surface area contributed by atoms with E-state index in [1.54, 1.807) is 31.2 Å². The minimum atomic E-state index is -3.76. The average molecular weight is 358 g/mol. The highest BCUT2D eigenvalue weighted by Gasteiger charge is 2.28. The van der Waals surface area contributed by atoms with E-state index < -0.39 is 22.1 Å². The van der Waals surface area contributed by atoms with Gasteiger partial charge in [0.1, 0.15) is 6.10 Å². The van der Waals surface area contributed by atoms with Crippen molar-refractivity contribution in [2.45, 2.75) is 31.3 Å². The Bertz CT molecular complexity index is 934. The van der Waals surface area contributed by atoms with Gasteiger partial charge in [-0.1, -0.05) is 35.9 Å². The zero-order valence-electron chi connectivity index (χ0n) is 13.9. The molecule has 0 aromatic heterocycles. The van der Waals surface area contributed by atoms with Crippen LogP contribution in [0.25, 0.3) is 0 Å². The van der Waals surface area contributed by atoms with Crippen molar-refractivity contribution in [3.8, 4) is 0 Å². The van der Waals surface area contributed by atoms with Gasteiger partial charge in [0, 0.05) is 6.42 Å². The van der Waals surface area contributed by atoms with Crippen molar-refractivity contribution in [3.63, 3.8) is 0 Å². The molecule has 0 spiro atoms. The molecule has 0 aliphatic carbocycles. The van der Waals surface area contributed by atoms with Crippen LogP contribution in [0.15, 0.2) is 58.5 Å². The van der Waals surface area contributed by atoms with Crippen molar-refractivity contribution in [2.75, 3.05) is 0 Å². The van der Waals surface area contributed by atoms with Crippen LogP contribution in [0.1, 0.15) is 28.4 Å². The Hall–Kier alpha value is -2.67. The van der Waals surface area contributed by atoms with E-state index >= 15 is 0 Å². The smallest absolute Gasteiger partial charge is 0.339 e. The SMILES string of the molecule is C/C(=N/NS(=O)(=O)c1ccc(C)cc1)[C@H]1Cc2ccccc2C(=O)O1. The van der Waals surface area contributed by atoms with Gasteiger partial charge >= 0.3 is 5.97 Å². The van der Waals surface area contributed by atoms with Gasteiger partial charge in [0.05, 0.1) is 16.2 Å². The van der Waals surface area contributed by atoms with E-state index in [0.717, 1.165) is 11.1 Å². The fourth-order valence-corrected chi connectivity index (χ4v) is 3.40. The van der Waals surface area contributed by atoms with Crippen LogP contribution in [-0.4, -0.2) is 26.2 Å². The predicted octanol–water partition coefficient (Wildman–Crippen LogP) is 2.43. The Morgan fingerprint density at radius 3 is 2.56 bits per heavy atom. The molecule has 1 aliphatic rings. The molecule has 0 fully saturated rings. The van der Waals surface area contributed by atoms with E-state index in [2.05, 4.69) is 9.93 Å². The van der Waals surface area contributed by atoms with Crippen molar-refractivity contribution in [2.24, 2.45) is 5.10 Å². The van der Waals surface area contributed by atoms with Crippen LogP contribution in [-0.2, 0) is 21.2 Å². The third-order valence-electron chi connectivity index (χ3n) is 4.03. The zero-order valence-corrected chi connectivity index (χ0v) is 14.7. The molecular weight excluding hydrogens is 340 g/mol. The first kappa shape index (κ1) is 17.2. The van der Waals surface area contributed by atoms with Crippen LogP contribution in [0.3, 0.4) is 0 Å². The van der Waals surface area contributed by atoms with Crippen LogP contribution in [0, 0.1) is 6.92 Å². The van der Waals surface area contributed by atoms with E-state index in [4.69, 9.17) is 4.74 Å². The molecule has 0 amide bonds. The number of cyclic esters (lactones) is 1. The van der Waals surface area contributed by atoms with Gasteiger partial charge < -0.3 is 4.74 Å². The van der Waals surface area contributed by atoms with Crippen LogP contribution in [0.5, 0.6) is 0 Å². The molecule has 1 aliphatic heterocycles. The quantitative estimate of drug-likeness (QED) is 0.517. The van der Waals surface area contributed by atoms with Crippen molar-refractivity contribution in [1.82, 2.24) is 4.83 Å².